The lowest BCUT2D eigenvalue weighted by molar-refractivity contribution is -0.130. The number of thioether (sulfide) groups is 1. The van der Waals surface area contributed by atoms with Gasteiger partial charge >= 0.3 is 0 Å². The maximum absolute atomic E-state index is 13.2. The number of carbonyl (C=O) groups is 4. The van der Waals surface area contributed by atoms with Gasteiger partial charge in [-0.25, -0.2) is 4.99 Å². The van der Waals surface area contributed by atoms with Crippen molar-refractivity contribution in [3.63, 3.8) is 0 Å². The highest BCUT2D eigenvalue weighted by molar-refractivity contribution is 7.99. The van der Waals surface area contributed by atoms with Crippen LogP contribution in [-0.2, 0) is 36.2 Å². The first-order valence-electron chi connectivity index (χ1n) is 14.1. The van der Waals surface area contributed by atoms with Gasteiger partial charge in [-0.3, -0.25) is 14.4 Å². The monoisotopic (exact) mass is 610 g/mol. The van der Waals surface area contributed by atoms with Gasteiger partial charge in [0.15, 0.2) is 5.78 Å². The second-order valence-electron chi connectivity index (χ2n) is 10.4. The van der Waals surface area contributed by atoms with Gasteiger partial charge in [0.1, 0.15) is 17.6 Å². The molecule has 0 unspecified atom stereocenters. The van der Waals surface area contributed by atoms with Gasteiger partial charge in [-0.2, -0.15) is 5.90 Å². The molecule has 2 aromatic rings. The SMILES string of the molecule is C=C(C)/N=C(\ON)c1ccc(OCCCC(C)=O)c(CC(=O)N[C@H](C(=O)NCC(=O)CSCc2ccccc2)C(C)C)c1. The lowest BCUT2D eigenvalue weighted by Crippen LogP contribution is -2.51. The minimum Gasteiger partial charge on any atom is -0.493 e. The number of rotatable bonds is 18. The first-order valence-corrected chi connectivity index (χ1v) is 15.2. The fraction of sp³-hybridized carbons (Fsp3) is 0.406. The zero-order chi connectivity index (χ0) is 31.8. The third-order valence-corrected chi connectivity index (χ3v) is 7.16. The molecular weight excluding hydrogens is 568 g/mol. The number of nitrogens with one attached hydrogen (secondary N) is 2. The van der Waals surface area contributed by atoms with Crippen molar-refractivity contribution in [3.8, 4) is 5.75 Å². The van der Waals surface area contributed by atoms with Crippen molar-refractivity contribution >= 4 is 41.0 Å². The molecule has 0 saturated heterocycles. The summed E-state index contributed by atoms with van der Waals surface area (Å²) in [4.78, 5) is 58.9. The summed E-state index contributed by atoms with van der Waals surface area (Å²) in [5.41, 5.74) is 2.62. The maximum Gasteiger partial charge on any atom is 0.244 e. The van der Waals surface area contributed by atoms with E-state index in [0.29, 0.717) is 41.2 Å². The van der Waals surface area contributed by atoms with Crippen molar-refractivity contribution in [2.24, 2.45) is 16.8 Å². The summed E-state index contributed by atoms with van der Waals surface area (Å²) in [7, 11) is 0. The van der Waals surface area contributed by atoms with E-state index in [2.05, 4.69) is 22.2 Å². The maximum atomic E-state index is 13.2. The summed E-state index contributed by atoms with van der Waals surface area (Å²) in [5, 5.41) is 5.45. The Morgan fingerprint density at radius 1 is 1.07 bits per heavy atom. The number of Topliss-reactive ketones (excluding diaryl/α,β-unsaturated/α-hetero) is 2. The molecular formula is C32H42N4O6S. The number of hydrogen-bond donors (Lipinski definition) is 3. The third kappa shape index (κ3) is 13.3. The van der Waals surface area contributed by atoms with Crippen LogP contribution in [0.5, 0.6) is 5.75 Å². The predicted octanol–water partition coefficient (Wildman–Crippen LogP) is 3.91. The fourth-order valence-corrected chi connectivity index (χ4v) is 4.82. The summed E-state index contributed by atoms with van der Waals surface area (Å²) < 4.78 is 5.88. The zero-order valence-electron chi connectivity index (χ0n) is 25.3. The van der Waals surface area contributed by atoms with Crippen LogP contribution in [0.25, 0.3) is 0 Å². The van der Waals surface area contributed by atoms with E-state index < -0.39 is 17.9 Å². The predicted molar refractivity (Wildman–Crippen MR) is 170 cm³/mol. The van der Waals surface area contributed by atoms with E-state index in [4.69, 9.17) is 15.5 Å². The van der Waals surface area contributed by atoms with Gasteiger partial charge in [0.25, 0.3) is 0 Å². The molecule has 0 bridgehead atoms. The molecule has 0 fully saturated rings. The van der Waals surface area contributed by atoms with E-state index in [-0.39, 0.29) is 48.7 Å². The van der Waals surface area contributed by atoms with Gasteiger partial charge in [0.05, 0.1) is 25.3 Å². The van der Waals surface area contributed by atoms with Gasteiger partial charge in [-0.05, 0) is 49.9 Å². The number of nitrogens with zero attached hydrogens (tertiary/aromatic N) is 1. The van der Waals surface area contributed by atoms with E-state index in [1.807, 2.05) is 44.2 Å². The van der Waals surface area contributed by atoms with Crippen LogP contribution in [0.3, 0.4) is 0 Å². The van der Waals surface area contributed by atoms with E-state index >= 15 is 0 Å². The number of benzene rings is 2. The number of carbonyl (C=O) groups excluding carboxylic acids is 4. The fourth-order valence-electron chi connectivity index (χ4n) is 3.96. The minimum absolute atomic E-state index is 0.0601. The Morgan fingerprint density at radius 2 is 1.79 bits per heavy atom. The second kappa shape index (κ2) is 18.6. The van der Waals surface area contributed by atoms with Crippen LogP contribution in [0, 0.1) is 5.92 Å². The molecule has 2 aromatic carbocycles. The summed E-state index contributed by atoms with van der Waals surface area (Å²) >= 11 is 1.48. The number of aliphatic imine (C=N–C) groups is 1. The Labute approximate surface area is 257 Å². The summed E-state index contributed by atoms with van der Waals surface area (Å²) in [6.45, 7) is 10.7. The van der Waals surface area contributed by atoms with Gasteiger partial charge in [0.2, 0.25) is 17.7 Å². The second-order valence-corrected chi connectivity index (χ2v) is 11.4. The largest absolute Gasteiger partial charge is 0.493 e. The smallest absolute Gasteiger partial charge is 0.244 e. The normalized spacial score (nSPS) is 11.9. The van der Waals surface area contributed by atoms with Gasteiger partial charge < -0.3 is 25.0 Å². The molecule has 2 rings (SSSR count). The molecule has 10 nitrogen and oxygen atoms in total. The van der Waals surface area contributed by atoms with Gasteiger partial charge in [0, 0.05) is 29.0 Å². The van der Waals surface area contributed by atoms with Crippen molar-refractivity contribution in [1.29, 1.82) is 0 Å². The first kappa shape index (κ1) is 35.2. The third-order valence-electron chi connectivity index (χ3n) is 6.09. The van der Waals surface area contributed by atoms with Crippen LogP contribution in [-0.4, -0.2) is 54.2 Å². The molecule has 4 N–H and O–H groups in total. The highest BCUT2D eigenvalue weighted by atomic mass is 32.2. The molecule has 11 heteroatoms. The Bertz CT molecular complexity index is 1300. The number of hydrogen-bond acceptors (Lipinski definition) is 9. The number of ether oxygens (including phenoxy) is 1. The molecule has 0 saturated carbocycles. The summed E-state index contributed by atoms with van der Waals surface area (Å²) in [6, 6.07) is 14.0. The van der Waals surface area contributed by atoms with Gasteiger partial charge in [-0.1, -0.05) is 50.8 Å². The molecule has 0 aliphatic rings. The molecule has 0 aliphatic heterocycles. The number of allylic oxidation sites excluding steroid dienone is 1. The lowest BCUT2D eigenvalue weighted by Gasteiger charge is -2.22. The summed E-state index contributed by atoms with van der Waals surface area (Å²) in [5.74, 6) is 5.80. The molecule has 0 spiro atoms. The molecule has 0 aliphatic carbocycles. The highest BCUT2D eigenvalue weighted by Gasteiger charge is 2.25. The quantitative estimate of drug-likeness (QED) is 0.0996. The van der Waals surface area contributed by atoms with Crippen molar-refractivity contribution in [3.05, 3.63) is 77.5 Å². The van der Waals surface area contributed by atoms with Crippen LogP contribution in [0.1, 0.15) is 57.2 Å². The molecule has 43 heavy (non-hydrogen) atoms. The van der Waals surface area contributed by atoms with Crippen molar-refractivity contribution in [2.45, 2.75) is 58.8 Å². The average Bonchev–Trinajstić information content (AvgIpc) is 2.96. The number of nitrogens with two attached hydrogens (primary N) is 1. The van der Waals surface area contributed by atoms with Crippen molar-refractivity contribution in [1.82, 2.24) is 10.6 Å². The van der Waals surface area contributed by atoms with Gasteiger partial charge in [-0.15, -0.1) is 11.8 Å². The molecule has 1 atom stereocenters. The van der Waals surface area contributed by atoms with Crippen LogP contribution < -0.4 is 21.3 Å². The van der Waals surface area contributed by atoms with Crippen LogP contribution in [0.4, 0.5) is 0 Å². The minimum atomic E-state index is -0.853. The number of amides is 2. The van der Waals surface area contributed by atoms with E-state index in [1.165, 1.54) is 18.7 Å². The Balaban J connectivity index is 2.06. The highest BCUT2D eigenvalue weighted by Crippen LogP contribution is 2.23. The van der Waals surface area contributed by atoms with E-state index in [1.54, 1.807) is 25.1 Å². The standard InChI is InChI=1S/C32H42N4O6S/c1-21(2)30(31(40)34-18-27(38)20-43-19-24-11-7-6-8-12-24)36-29(39)17-26-16-25(32(42-33)35-22(3)4)13-14-28(26)41-15-9-10-23(5)37/h6-8,11-14,16,21,30H,3,9-10,15,17-20,33H2,1-2,4-5H3,(H,34,40)(H,36,39)/b35-32-/t30-/m0/s1. The number of ketones is 2. The molecule has 232 valence electrons. The van der Waals surface area contributed by atoms with Crippen molar-refractivity contribution < 1.29 is 28.8 Å². The van der Waals surface area contributed by atoms with Crippen LogP contribution in [0.15, 0.2) is 65.8 Å². The molecule has 0 heterocycles. The Morgan fingerprint density at radius 3 is 2.42 bits per heavy atom. The summed E-state index contributed by atoms with van der Waals surface area (Å²) in [6.07, 6.45) is 0.784. The average molecular weight is 611 g/mol. The van der Waals surface area contributed by atoms with E-state index in [0.717, 1.165) is 5.56 Å². The van der Waals surface area contributed by atoms with Crippen LogP contribution >= 0.6 is 11.8 Å². The molecule has 0 radical (unpaired) electrons. The Kier molecular flexibility index (Phi) is 15.2. The lowest BCUT2D eigenvalue weighted by atomic mass is 10.0. The Hall–Kier alpha value is -3.96. The zero-order valence-corrected chi connectivity index (χ0v) is 26.1. The van der Waals surface area contributed by atoms with E-state index in [9.17, 15) is 19.2 Å². The topological polar surface area (TPSA) is 149 Å². The molecule has 2 amide bonds. The van der Waals surface area contributed by atoms with Crippen molar-refractivity contribution in [2.75, 3.05) is 18.9 Å². The first-order chi connectivity index (χ1) is 20.5. The molecule has 0 aromatic heterocycles. The van der Waals surface area contributed by atoms with Crippen LogP contribution in [0.2, 0.25) is 0 Å².